The molecule has 0 bridgehead atoms. The molecule has 1 unspecified atom stereocenters. The van der Waals surface area contributed by atoms with Crippen LogP contribution < -0.4 is 25.2 Å². The van der Waals surface area contributed by atoms with Crippen molar-refractivity contribution in [2.45, 2.75) is 19.4 Å². The predicted molar refractivity (Wildman–Crippen MR) is 127 cm³/mol. The van der Waals surface area contributed by atoms with Crippen LogP contribution in [0, 0.1) is 5.92 Å². The molecule has 1 aromatic heterocycles. The maximum Gasteiger partial charge on any atom is 0.269 e. The van der Waals surface area contributed by atoms with Gasteiger partial charge in [0.2, 0.25) is 5.91 Å². The van der Waals surface area contributed by atoms with Crippen LogP contribution in [-0.4, -0.2) is 43.0 Å². The fourth-order valence-electron chi connectivity index (χ4n) is 4.06. The van der Waals surface area contributed by atoms with E-state index in [4.69, 9.17) is 9.47 Å². The highest BCUT2D eigenvalue weighted by atomic mass is 16.5. The van der Waals surface area contributed by atoms with Crippen LogP contribution in [0.4, 0.5) is 11.4 Å². The van der Waals surface area contributed by atoms with Gasteiger partial charge in [-0.25, -0.2) is 4.68 Å². The first-order valence-corrected chi connectivity index (χ1v) is 11.0. The number of nitrogens with one attached hydrogen (secondary N) is 1. The van der Waals surface area contributed by atoms with Crippen molar-refractivity contribution in [3.63, 3.8) is 0 Å². The molecule has 1 fully saturated rings. The summed E-state index contributed by atoms with van der Waals surface area (Å²) < 4.78 is 12.0. The van der Waals surface area contributed by atoms with Gasteiger partial charge in [-0.15, -0.1) is 0 Å². The van der Waals surface area contributed by atoms with Crippen LogP contribution in [0.5, 0.6) is 11.5 Å². The Kier molecular flexibility index (Phi) is 6.92. The summed E-state index contributed by atoms with van der Waals surface area (Å²) in [5.41, 5.74) is 2.26. The van der Waals surface area contributed by atoms with Crippen LogP contribution in [0.1, 0.15) is 18.4 Å². The Morgan fingerprint density at radius 3 is 2.61 bits per heavy atom. The molecule has 4 rings (SSSR count). The molecule has 1 atom stereocenters. The summed E-state index contributed by atoms with van der Waals surface area (Å²) in [6.45, 7) is 1.74. The lowest BCUT2D eigenvalue weighted by Gasteiger charge is -2.33. The lowest BCUT2D eigenvalue weighted by Crippen LogP contribution is -2.41. The minimum atomic E-state index is -0.196. The van der Waals surface area contributed by atoms with Gasteiger partial charge < -0.3 is 19.7 Å². The first-order chi connectivity index (χ1) is 16.1. The van der Waals surface area contributed by atoms with Gasteiger partial charge in [0, 0.05) is 30.9 Å². The Morgan fingerprint density at radius 1 is 1.09 bits per heavy atom. The second-order valence-corrected chi connectivity index (χ2v) is 8.04. The van der Waals surface area contributed by atoms with Gasteiger partial charge in [0.05, 0.1) is 38.6 Å². The Morgan fingerprint density at radius 2 is 1.88 bits per heavy atom. The summed E-state index contributed by atoms with van der Waals surface area (Å²) in [4.78, 5) is 27.6. The summed E-state index contributed by atoms with van der Waals surface area (Å²) in [7, 11) is 3.13. The SMILES string of the molecule is COc1ccc(NC(=O)C2CCCN(c3cnn(Cc4ccccc4)c(=O)c3)C2)cc1OC. The minimum Gasteiger partial charge on any atom is -0.493 e. The number of carbonyl (C=O) groups excluding carboxylic acids is 1. The van der Waals surface area contributed by atoms with Crippen LogP contribution in [0.2, 0.25) is 0 Å². The number of hydrogen-bond donors (Lipinski definition) is 1. The van der Waals surface area contributed by atoms with E-state index in [1.807, 2.05) is 30.3 Å². The highest BCUT2D eigenvalue weighted by molar-refractivity contribution is 5.93. The highest BCUT2D eigenvalue weighted by Crippen LogP contribution is 2.30. The maximum atomic E-state index is 12.9. The highest BCUT2D eigenvalue weighted by Gasteiger charge is 2.27. The van der Waals surface area contributed by atoms with Crippen LogP contribution in [0.15, 0.2) is 65.6 Å². The van der Waals surface area contributed by atoms with E-state index in [-0.39, 0.29) is 17.4 Å². The molecule has 1 saturated heterocycles. The maximum absolute atomic E-state index is 12.9. The van der Waals surface area contributed by atoms with E-state index in [9.17, 15) is 9.59 Å². The van der Waals surface area contributed by atoms with Crippen molar-refractivity contribution in [3.8, 4) is 11.5 Å². The van der Waals surface area contributed by atoms with E-state index in [1.54, 1.807) is 44.7 Å². The molecule has 0 spiro atoms. The van der Waals surface area contributed by atoms with Gasteiger partial charge >= 0.3 is 0 Å². The standard InChI is InChI=1S/C25H28N4O4/c1-32-22-11-10-20(13-23(22)33-2)27-25(31)19-9-6-12-28(17-19)21-14-24(30)29(26-15-21)16-18-7-4-3-5-8-18/h3-5,7-8,10-11,13-15,19H,6,9,12,16-17H2,1-2H3,(H,27,31). The normalized spacial score (nSPS) is 15.7. The number of piperidine rings is 1. The van der Waals surface area contributed by atoms with Crippen molar-refractivity contribution >= 4 is 17.3 Å². The first kappa shape index (κ1) is 22.4. The number of aromatic nitrogens is 2. The second-order valence-electron chi connectivity index (χ2n) is 8.04. The third-order valence-corrected chi connectivity index (χ3v) is 5.84. The van der Waals surface area contributed by atoms with Gasteiger partial charge in [-0.05, 0) is 30.5 Å². The van der Waals surface area contributed by atoms with E-state index in [2.05, 4.69) is 15.3 Å². The van der Waals surface area contributed by atoms with Crippen molar-refractivity contribution in [2.24, 2.45) is 5.92 Å². The zero-order valence-electron chi connectivity index (χ0n) is 18.9. The van der Waals surface area contributed by atoms with E-state index < -0.39 is 0 Å². The molecule has 1 aliphatic heterocycles. The monoisotopic (exact) mass is 448 g/mol. The summed E-state index contributed by atoms with van der Waals surface area (Å²) >= 11 is 0. The lowest BCUT2D eigenvalue weighted by molar-refractivity contribution is -0.120. The molecule has 33 heavy (non-hydrogen) atoms. The number of rotatable bonds is 7. The zero-order chi connectivity index (χ0) is 23.2. The molecule has 1 amide bonds. The number of carbonyl (C=O) groups is 1. The summed E-state index contributed by atoms with van der Waals surface area (Å²) in [6.07, 6.45) is 3.35. The van der Waals surface area contributed by atoms with E-state index in [1.165, 1.54) is 4.68 Å². The number of anilines is 2. The quantitative estimate of drug-likeness (QED) is 0.598. The molecule has 3 aromatic rings. The third kappa shape index (κ3) is 5.34. The van der Waals surface area contributed by atoms with Crippen LogP contribution in [-0.2, 0) is 11.3 Å². The fourth-order valence-corrected chi connectivity index (χ4v) is 4.06. The van der Waals surface area contributed by atoms with Crippen LogP contribution in [0.3, 0.4) is 0 Å². The van der Waals surface area contributed by atoms with E-state index in [0.29, 0.717) is 30.3 Å². The van der Waals surface area contributed by atoms with Gasteiger partial charge in [0.25, 0.3) is 5.56 Å². The van der Waals surface area contributed by atoms with Crippen LogP contribution >= 0.6 is 0 Å². The Hall–Kier alpha value is -3.81. The van der Waals surface area contributed by atoms with Crippen molar-refractivity contribution in [3.05, 3.63) is 76.7 Å². The average molecular weight is 449 g/mol. The largest absolute Gasteiger partial charge is 0.493 e. The fraction of sp³-hybridized carbons (Fsp3) is 0.320. The van der Waals surface area contributed by atoms with Crippen molar-refractivity contribution in [1.82, 2.24) is 9.78 Å². The molecular weight excluding hydrogens is 420 g/mol. The van der Waals surface area contributed by atoms with Gasteiger partial charge in [-0.2, -0.15) is 5.10 Å². The first-order valence-electron chi connectivity index (χ1n) is 11.0. The summed E-state index contributed by atoms with van der Waals surface area (Å²) in [6, 6.07) is 16.6. The van der Waals surface area contributed by atoms with Gasteiger partial charge in [-0.3, -0.25) is 9.59 Å². The number of nitrogens with zero attached hydrogens (tertiary/aromatic N) is 3. The second kappa shape index (κ2) is 10.2. The number of ether oxygens (including phenoxy) is 2. The number of methoxy groups -OCH3 is 2. The molecule has 8 heteroatoms. The molecule has 172 valence electrons. The zero-order valence-corrected chi connectivity index (χ0v) is 18.9. The third-order valence-electron chi connectivity index (χ3n) is 5.84. The number of amides is 1. The smallest absolute Gasteiger partial charge is 0.269 e. The Labute approximate surface area is 192 Å². The topological polar surface area (TPSA) is 85.7 Å². The van der Waals surface area contributed by atoms with Gasteiger partial charge in [0.1, 0.15) is 0 Å². The summed E-state index contributed by atoms with van der Waals surface area (Å²) in [5.74, 6) is 0.910. The number of benzene rings is 2. The molecule has 8 nitrogen and oxygen atoms in total. The Balaban J connectivity index is 1.42. The van der Waals surface area contributed by atoms with Crippen molar-refractivity contribution in [2.75, 3.05) is 37.5 Å². The van der Waals surface area contributed by atoms with Crippen LogP contribution in [0.25, 0.3) is 0 Å². The molecule has 0 radical (unpaired) electrons. The predicted octanol–water partition coefficient (Wildman–Crippen LogP) is 3.16. The molecule has 2 heterocycles. The molecule has 1 N–H and O–H groups in total. The Bertz CT molecular complexity index is 1160. The molecule has 2 aromatic carbocycles. The molecule has 0 aliphatic carbocycles. The summed E-state index contributed by atoms with van der Waals surface area (Å²) in [5, 5.41) is 7.33. The average Bonchev–Trinajstić information content (AvgIpc) is 2.86. The lowest BCUT2D eigenvalue weighted by atomic mass is 9.96. The molecule has 0 saturated carbocycles. The van der Waals surface area contributed by atoms with E-state index >= 15 is 0 Å². The molecule has 1 aliphatic rings. The van der Waals surface area contributed by atoms with Crippen molar-refractivity contribution in [1.29, 1.82) is 0 Å². The van der Waals surface area contributed by atoms with Gasteiger partial charge in [0.15, 0.2) is 11.5 Å². The van der Waals surface area contributed by atoms with E-state index in [0.717, 1.165) is 30.6 Å². The number of hydrogen-bond acceptors (Lipinski definition) is 6. The minimum absolute atomic E-state index is 0.0581. The van der Waals surface area contributed by atoms with Gasteiger partial charge in [-0.1, -0.05) is 30.3 Å². The molecular formula is C25H28N4O4. The van der Waals surface area contributed by atoms with Crippen molar-refractivity contribution < 1.29 is 14.3 Å².